The van der Waals surface area contributed by atoms with Gasteiger partial charge in [0.25, 0.3) is 0 Å². The van der Waals surface area contributed by atoms with Gasteiger partial charge in [-0.3, -0.25) is 14.8 Å². The monoisotopic (exact) mass is 392 g/mol. The smallest absolute Gasteiger partial charge is 0.353 e. The number of carbonyl (C=O) groups excluding carboxylic acids is 1. The molecule has 1 unspecified atom stereocenters. The average molecular weight is 392 g/mol. The first-order valence-electron chi connectivity index (χ1n) is 9.54. The molecule has 1 fully saturated rings. The summed E-state index contributed by atoms with van der Waals surface area (Å²) in [6.45, 7) is 0.390. The number of nitrogens with zero attached hydrogens (tertiary/aromatic N) is 2. The van der Waals surface area contributed by atoms with Crippen LogP contribution in [0.1, 0.15) is 23.2 Å². The van der Waals surface area contributed by atoms with E-state index in [0.717, 1.165) is 23.2 Å². The number of halogens is 3. The second-order valence-electron chi connectivity index (χ2n) is 7.76. The lowest BCUT2D eigenvalue weighted by Crippen LogP contribution is -2.46. The standard InChI is InChI=1S/C20H23F3N4O/c21-20(22,23)17-12-27(10-13-4-2-1-3-5-13)11-16(17)19(28)25-15-6-7-18-14(8-15)9-24-26-18/h1-5,9,15-17H,6-8,10-12H2,(H,24,26)(H,25,28)/t15?,16-,17-/m1/s1. The van der Waals surface area contributed by atoms with Gasteiger partial charge in [0, 0.05) is 31.4 Å². The van der Waals surface area contributed by atoms with Gasteiger partial charge in [-0.15, -0.1) is 0 Å². The normalized spacial score (nSPS) is 25.5. The van der Waals surface area contributed by atoms with Crippen LogP contribution in [-0.4, -0.2) is 46.3 Å². The van der Waals surface area contributed by atoms with Gasteiger partial charge in [-0.2, -0.15) is 18.3 Å². The van der Waals surface area contributed by atoms with E-state index in [0.29, 0.717) is 19.4 Å². The molecule has 0 spiro atoms. The van der Waals surface area contributed by atoms with Crippen LogP contribution in [0.15, 0.2) is 36.5 Å². The highest BCUT2D eigenvalue weighted by Gasteiger charge is 2.52. The fourth-order valence-corrected chi connectivity index (χ4v) is 4.30. The van der Waals surface area contributed by atoms with Crippen molar-refractivity contribution >= 4 is 5.91 Å². The summed E-state index contributed by atoms with van der Waals surface area (Å²) >= 11 is 0. The Kier molecular flexibility index (Phi) is 5.14. The minimum atomic E-state index is -4.39. The number of benzene rings is 1. The highest BCUT2D eigenvalue weighted by Crippen LogP contribution is 2.38. The van der Waals surface area contributed by atoms with Crippen molar-refractivity contribution in [1.29, 1.82) is 0 Å². The van der Waals surface area contributed by atoms with Gasteiger partial charge in [-0.1, -0.05) is 30.3 Å². The second kappa shape index (κ2) is 7.58. The van der Waals surface area contributed by atoms with E-state index in [-0.39, 0.29) is 19.1 Å². The molecule has 1 aliphatic heterocycles. The number of alkyl halides is 3. The fraction of sp³-hybridized carbons (Fsp3) is 0.500. The van der Waals surface area contributed by atoms with Crippen LogP contribution >= 0.6 is 0 Å². The molecular formula is C20H23F3N4O. The van der Waals surface area contributed by atoms with E-state index in [2.05, 4.69) is 15.5 Å². The van der Waals surface area contributed by atoms with Crippen molar-refractivity contribution in [2.24, 2.45) is 11.8 Å². The van der Waals surface area contributed by atoms with Crippen LogP contribution in [0.5, 0.6) is 0 Å². The number of amides is 1. The molecule has 1 saturated heterocycles. The van der Waals surface area contributed by atoms with Gasteiger partial charge in [0.2, 0.25) is 5.91 Å². The largest absolute Gasteiger partial charge is 0.393 e. The molecule has 0 radical (unpaired) electrons. The Balaban J connectivity index is 1.42. The Morgan fingerprint density at radius 3 is 2.79 bits per heavy atom. The number of nitrogens with one attached hydrogen (secondary N) is 2. The van der Waals surface area contributed by atoms with E-state index < -0.39 is 23.9 Å². The molecule has 2 aliphatic rings. The van der Waals surface area contributed by atoms with E-state index in [1.165, 1.54) is 0 Å². The Hall–Kier alpha value is -2.35. The first kappa shape index (κ1) is 19.0. The van der Waals surface area contributed by atoms with Crippen LogP contribution in [0, 0.1) is 11.8 Å². The summed E-state index contributed by atoms with van der Waals surface area (Å²) in [5.41, 5.74) is 3.03. The number of fused-ring (bicyclic) bond motifs is 1. The Morgan fingerprint density at radius 1 is 1.25 bits per heavy atom. The predicted molar refractivity (Wildman–Crippen MR) is 97.3 cm³/mol. The maximum Gasteiger partial charge on any atom is 0.393 e. The van der Waals surface area contributed by atoms with Crippen LogP contribution in [0.4, 0.5) is 13.2 Å². The first-order chi connectivity index (χ1) is 13.4. The Morgan fingerprint density at radius 2 is 2.04 bits per heavy atom. The Labute approximate surface area is 161 Å². The molecule has 1 aromatic carbocycles. The maximum absolute atomic E-state index is 13.6. The van der Waals surface area contributed by atoms with Crippen LogP contribution in [0.3, 0.4) is 0 Å². The molecule has 3 atom stereocenters. The lowest BCUT2D eigenvalue weighted by atomic mass is 9.91. The van der Waals surface area contributed by atoms with Crippen LogP contribution in [0.25, 0.3) is 0 Å². The molecule has 1 aromatic heterocycles. The highest BCUT2D eigenvalue weighted by atomic mass is 19.4. The van der Waals surface area contributed by atoms with E-state index in [9.17, 15) is 18.0 Å². The van der Waals surface area contributed by atoms with Crippen molar-refractivity contribution in [1.82, 2.24) is 20.4 Å². The molecule has 1 aliphatic carbocycles. The topological polar surface area (TPSA) is 61.0 Å². The van der Waals surface area contributed by atoms with Gasteiger partial charge in [-0.05, 0) is 30.4 Å². The lowest BCUT2D eigenvalue weighted by Gasteiger charge is -2.26. The second-order valence-corrected chi connectivity index (χ2v) is 7.76. The summed E-state index contributed by atoms with van der Waals surface area (Å²) in [6, 6.07) is 9.24. The molecular weight excluding hydrogens is 369 g/mol. The SMILES string of the molecule is O=C(NC1CCc2[nH]ncc2C1)[C@@H]1CN(Cc2ccccc2)C[C@H]1C(F)(F)F. The molecule has 2 aromatic rings. The molecule has 2 N–H and O–H groups in total. The number of aromatic nitrogens is 2. The Bertz CT molecular complexity index is 820. The summed E-state index contributed by atoms with van der Waals surface area (Å²) in [6.07, 6.45) is -0.610. The van der Waals surface area contributed by atoms with Crippen LogP contribution in [0.2, 0.25) is 0 Å². The van der Waals surface area contributed by atoms with Gasteiger partial charge >= 0.3 is 6.18 Å². The lowest BCUT2D eigenvalue weighted by molar-refractivity contribution is -0.183. The third-order valence-corrected chi connectivity index (χ3v) is 5.76. The highest BCUT2D eigenvalue weighted by molar-refractivity contribution is 5.80. The van der Waals surface area contributed by atoms with Gasteiger partial charge in [0.05, 0.1) is 18.0 Å². The number of rotatable bonds is 4. The van der Waals surface area contributed by atoms with Gasteiger partial charge in [-0.25, -0.2) is 0 Å². The van der Waals surface area contributed by atoms with E-state index in [1.807, 2.05) is 30.3 Å². The van der Waals surface area contributed by atoms with Crippen molar-refractivity contribution < 1.29 is 18.0 Å². The first-order valence-corrected chi connectivity index (χ1v) is 9.54. The molecule has 0 saturated carbocycles. The van der Waals surface area contributed by atoms with Gasteiger partial charge in [0.1, 0.15) is 0 Å². The van der Waals surface area contributed by atoms with Crippen LogP contribution in [-0.2, 0) is 24.2 Å². The summed E-state index contributed by atoms with van der Waals surface area (Å²) in [4.78, 5) is 14.5. The molecule has 4 rings (SSSR count). The summed E-state index contributed by atoms with van der Waals surface area (Å²) in [5, 5.41) is 9.79. The summed E-state index contributed by atoms with van der Waals surface area (Å²) in [5.74, 6) is -3.20. The van der Waals surface area contributed by atoms with Crippen molar-refractivity contribution in [3.8, 4) is 0 Å². The fourth-order valence-electron chi connectivity index (χ4n) is 4.30. The third-order valence-electron chi connectivity index (χ3n) is 5.76. The maximum atomic E-state index is 13.6. The zero-order valence-electron chi connectivity index (χ0n) is 15.4. The molecule has 8 heteroatoms. The van der Waals surface area contributed by atoms with Crippen LogP contribution < -0.4 is 5.32 Å². The van der Waals surface area contributed by atoms with E-state index in [4.69, 9.17) is 0 Å². The van der Waals surface area contributed by atoms with Gasteiger partial charge < -0.3 is 5.32 Å². The van der Waals surface area contributed by atoms with E-state index in [1.54, 1.807) is 11.1 Å². The quantitative estimate of drug-likeness (QED) is 0.841. The van der Waals surface area contributed by atoms with Crippen molar-refractivity contribution in [3.63, 3.8) is 0 Å². The summed E-state index contributed by atoms with van der Waals surface area (Å²) in [7, 11) is 0. The predicted octanol–water partition coefficient (Wildman–Crippen LogP) is 2.69. The molecule has 150 valence electrons. The van der Waals surface area contributed by atoms with Crippen molar-refractivity contribution in [2.75, 3.05) is 13.1 Å². The molecule has 1 amide bonds. The number of H-pyrrole nitrogens is 1. The number of carbonyl (C=O) groups is 1. The number of hydrogen-bond donors (Lipinski definition) is 2. The number of aryl methyl sites for hydroxylation is 1. The minimum absolute atomic E-state index is 0.120. The zero-order chi connectivity index (χ0) is 19.7. The molecule has 2 heterocycles. The zero-order valence-corrected chi connectivity index (χ0v) is 15.4. The third kappa shape index (κ3) is 4.06. The minimum Gasteiger partial charge on any atom is -0.353 e. The van der Waals surface area contributed by atoms with Crippen molar-refractivity contribution in [2.45, 2.75) is 38.0 Å². The molecule has 28 heavy (non-hydrogen) atoms. The average Bonchev–Trinajstić information content (AvgIpc) is 3.28. The molecule has 0 bridgehead atoms. The number of aromatic amines is 1. The number of hydrogen-bond acceptors (Lipinski definition) is 3. The van der Waals surface area contributed by atoms with E-state index >= 15 is 0 Å². The van der Waals surface area contributed by atoms with Crippen molar-refractivity contribution in [3.05, 3.63) is 53.3 Å². The summed E-state index contributed by atoms with van der Waals surface area (Å²) < 4.78 is 40.8. The molecule has 5 nitrogen and oxygen atoms in total. The van der Waals surface area contributed by atoms with Gasteiger partial charge in [0.15, 0.2) is 0 Å². The number of likely N-dealkylation sites (tertiary alicyclic amines) is 1.